The second-order valence-electron chi connectivity index (χ2n) is 4.18. The zero-order valence-corrected chi connectivity index (χ0v) is 11.1. The van der Waals surface area contributed by atoms with Gasteiger partial charge in [0, 0.05) is 6.42 Å². The Bertz CT molecular complexity index is 662. The fourth-order valence-corrected chi connectivity index (χ4v) is 1.98. The third kappa shape index (κ3) is 2.81. The molecule has 1 unspecified atom stereocenters. The van der Waals surface area contributed by atoms with Gasteiger partial charge in [0.1, 0.15) is 18.3 Å². The van der Waals surface area contributed by atoms with Gasteiger partial charge in [-0.1, -0.05) is 17.5 Å². The molecule has 0 spiro atoms. The van der Waals surface area contributed by atoms with Crippen LogP contribution in [0.2, 0.25) is 5.02 Å². The minimum absolute atomic E-state index is 0.0000310. The van der Waals surface area contributed by atoms with E-state index in [4.69, 9.17) is 18.0 Å². The van der Waals surface area contributed by atoms with Crippen molar-refractivity contribution in [3.05, 3.63) is 21.6 Å². The molecule has 1 aliphatic rings. The third-order valence-corrected chi connectivity index (χ3v) is 3.08. The van der Waals surface area contributed by atoms with Crippen molar-refractivity contribution in [3.8, 4) is 12.3 Å². The Morgan fingerprint density at radius 3 is 2.95 bits per heavy atom. The fourth-order valence-electron chi connectivity index (χ4n) is 1.80. The molecular weight excluding hydrogens is 284 g/mol. The summed E-state index contributed by atoms with van der Waals surface area (Å²) in [4.78, 5) is 34.8. The van der Waals surface area contributed by atoms with Gasteiger partial charge in [0.15, 0.2) is 0 Å². The number of carbonyl (C=O) groups excluding carboxylic acids is 2. The van der Waals surface area contributed by atoms with Crippen molar-refractivity contribution in [3.63, 3.8) is 0 Å². The summed E-state index contributed by atoms with van der Waals surface area (Å²) in [5.74, 6) is 1.47. The summed E-state index contributed by atoms with van der Waals surface area (Å²) in [5.41, 5.74) is -0.466. The van der Waals surface area contributed by atoms with Crippen LogP contribution in [0.1, 0.15) is 12.8 Å². The van der Waals surface area contributed by atoms with Crippen molar-refractivity contribution >= 4 is 29.1 Å². The first-order valence-corrected chi connectivity index (χ1v) is 6.20. The summed E-state index contributed by atoms with van der Waals surface area (Å²) in [5, 5.41) is 8.81. The predicted octanol–water partition coefficient (Wildman–Crippen LogP) is -0.253. The standard InChI is InChI=1S/C12H11ClN4O3/c1-2-5-17-12(20)10(7(13)6-14-17)15-8-3-4-9(18)16-11(8)19/h1,6,8,15H,3-5H2,(H,16,18,19). The maximum atomic E-state index is 12.1. The molecule has 1 saturated heterocycles. The minimum atomic E-state index is -0.695. The van der Waals surface area contributed by atoms with Crippen molar-refractivity contribution < 1.29 is 9.59 Å². The van der Waals surface area contributed by atoms with Gasteiger partial charge >= 0.3 is 0 Å². The Morgan fingerprint density at radius 1 is 1.55 bits per heavy atom. The molecule has 0 bridgehead atoms. The van der Waals surface area contributed by atoms with Crippen LogP contribution in [0.5, 0.6) is 0 Å². The number of nitrogens with one attached hydrogen (secondary N) is 2. The molecule has 1 aromatic rings. The van der Waals surface area contributed by atoms with Crippen LogP contribution in [0.3, 0.4) is 0 Å². The molecule has 1 atom stereocenters. The highest BCUT2D eigenvalue weighted by Gasteiger charge is 2.27. The van der Waals surface area contributed by atoms with Gasteiger partial charge in [0.25, 0.3) is 5.56 Å². The summed E-state index contributed by atoms with van der Waals surface area (Å²) >= 11 is 5.91. The Morgan fingerprint density at radius 2 is 2.30 bits per heavy atom. The lowest BCUT2D eigenvalue weighted by molar-refractivity contribution is -0.133. The minimum Gasteiger partial charge on any atom is -0.368 e. The highest BCUT2D eigenvalue weighted by atomic mass is 35.5. The molecule has 2 N–H and O–H groups in total. The van der Waals surface area contributed by atoms with E-state index in [1.165, 1.54) is 6.20 Å². The first-order valence-electron chi connectivity index (χ1n) is 5.82. The Labute approximate surface area is 119 Å². The van der Waals surface area contributed by atoms with Crippen LogP contribution in [0.25, 0.3) is 0 Å². The van der Waals surface area contributed by atoms with E-state index in [9.17, 15) is 14.4 Å². The molecule has 1 aromatic heterocycles. The predicted molar refractivity (Wildman–Crippen MR) is 72.1 cm³/mol. The van der Waals surface area contributed by atoms with Gasteiger partial charge in [-0.2, -0.15) is 5.10 Å². The monoisotopic (exact) mass is 294 g/mol. The first-order chi connectivity index (χ1) is 9.52. The number of nitrogens with zero attached hydrogens (tertiary/aromatic N) is 2. The van der Waals surface area contributed by atoms with Crippen molar-refractivity contribution in [2.45, 2.75) is 25.4 Å². The van der Waals surface area contributed by atoms with E-state index in [0.717, 1.165) is 4.68 Å². The molecule has 2 heterocycles. The normalized spacial score (nSPS) is 18.3. The van der Waals surface area contributed by atoms with Gasteiger partial charge < -0.3 is 5.32 Å². The van der Waals surface area contributed by atoms with E-state index in [1.54, 1.807) is 0 Å². The van der Waals surface area contributed by atoms with Gasteiger partial charge in [-0.25, -0.2) is 4.68 Å². The van der Waals surface area contributed by atoms with Crippen LogP contribution >= 0.6 is 11.6 Å². The van der Waals surface area contributed by atoms with Gasteiger partial charge in [-0.3, -0.25) is 19.7 Å². The number of aromatic nitrogens is 2. The molecule has 2 amide bonds. The van der Waals surface area contributed by atoms with Crippen molar-refractivity contribution in [2.24, 2.45) is 0 Å². The molecule has 0 aromatic carbocycles. The van der Waals surface area contributed by atoms with Gasteiger partial charge in [-0.15, -0.1) is 6.42 Å². The van der Waals surface area contributed by atoms with Gasteiger partial charge in [0.05, 0.1) is 11.2 Å². The molecule has 1 fully saturated rings. The quantitative estimate of drug-likeness (QED) is 0.592. The first kappa shape index (κ1) is 14.1. The average Bonchev–Trinajstić information content (AvgIpc) is 2.40. The van der Waals surface area contributed by atoms with E-state index in [0.29, 0.717) is 0 Å². The molecule has 0 radical (unpaired) electrons. The molecular formula is C12H11ClN4O3. The second-order valence-corrected chi connectivity index (χ2v) is 4.59. The van der Waals surface area contributed by atoms with Crippen LogP contribution in [-0.2, 0) is 16.1 Å². The Hall–Kier alpha value is -2.33. The number of anilines is 1. The molecule has 20 heavy (non-hydrogen) atoms. The number of hydrogen-bond donors (Lipinski definition) is 2. The zero-order chi connectivity index (χ0) is 14.7. The lowest BCUT2D eigenvalue weighted by atomic mass is 10.1. The van der Waals surface area contributed by atoms with Crippen LogP contribution in [0, 0.1) is 12.3 Å². The number of amides is 2. The summed E-state index contributed by atoms with van der Waals surface area (Å²) in [7, 11) is 0. The van der Waals surface area contributed by atoms with Crippen LogP contribution in [-0.4, -0.2) is 27.6 Å². The number of carbonyl (C=O) groups is 2. The average molecular weight is 295 g/mol. The lowest BCUT2D eigenvalue weighted by Gasteiger charge is -2.22. The van der Waals surface area contributed by atoms with E-state index in [2.05, 4.69) is 21.7 Å². The smallest absolute Gasteiger partial charge is 0.292 e. The van der Waals surface area contributed by atoms with Gasteiger partial charge in [0.2, 0.25) is 11.8 Å². The summed E-state index contributed by atoms with van der Waals surface area (Å²) in [6.07, 6.45) is 6.90. The Kier molecular flexibility index (Phi) is 4.05. The summed E-state index contributed by atoms with van der Waals surface area (Å²) in [6.45, 7) is 0.0000310. The topological polar surface area (TPSA) is 93.1 Å². The van der Waals surface area contributed by atoms with Crippen molar-refractivity contribution in [1.29, 1.82) is 0 Å². The van der Waals surface area contributed by atoms with Crippen LogP contribution in [0.4, 0.5) is 5.69 Å². The third-order valence-electron chi connectivity index (χ3n) is 2.80. The van der Waals surface area contributed by atoms with Crippen LogP contribution in [0.15, 0.2) is 11.0 Å². The SMILES string of the molecule is C#CCn1ncc(Cl)c(NC2CCC(=O)NC2=O)c1=O. The molecule has 8 heteroatoms. The number of rotatable bonds is 3. The zero-order valence-electron chi connectivity index (χ0n) is 10.4. The largest absolute Gasteiger partial charge is 0.368 e. The number of hydrogen-bond acceptors (Lipinski definition) is 5. The number of imide groups is 1. The number of piperidine rings is 1. The maximum absolute atomic E-state index is 12.1. The highest BCUT2D eigenvalue weighted by Crippen LogP contribution is 2.18. The van der Waals surface area contributed by atoms with E-state index in [1.807, 2.05) is 0 Å². The summed E-state index contributed by atoms with van der Waals surface area (Å²) < 4.78 is 1.06. The molecule has 104 valence electrons. The molecule has 0 saturated carbocycles. The second kappa shape index (κ2) is 5.75. The summed E-state index contributed by atoms with van der Waals surface area (Å²) in [6, 6.07) is -0.695. The molecule has 2 rings (SSSR count). The number of halogens is 1. The maximum Gasteiger partial charge on any atom is 0.292 e. The van der Waals surface area contributed by atoms with E-state index >= 15 is 0 Å². The lowest BCUT2D eigenvalue weighted by Crippen LogP contribution is -2.48. The van der Waals surface area contributed by atoms with Crippen molar-refractivity contribution in [1.82, 2.24) is 15.1 Å². The molecule has 7 nitrogen and oxygen atoms in total. The fraction of sp³-hybridized carbons (Fsp3) is 0.333. The van der Waals surface area contributed by atoms with E-state index < -0.39 is 17.5 Å². The van der Waals surface area contributed by atoms with E-state index in [-0.39, 0.29) is 36.0 Å². The van der Waals surface area contributed by atoms with Crippen LogP contribution < -0.4 is 16.2 Å². The van der Waals surface area contributed by atoms with Gasteiger partial charge in [-0.05, 0) is 6.42 Å². The Balaban J connectivity index is 2.27. The molecule has 0 aliphatic carbocycles. The van der Waals surface area contributed by atoms with Crippen molar-refractivity contribution in [2.75, 3.05) is 5.32 Å². The highest BCUT2D eigenvalue weighted by molar-refractivity contribution is 6.33. The molecule has 1 aliphatic heterocycles. The number of terminal acetylenes is 1.